The van der Waals surface area contributed by atoms with Crippen LogP contribution in [0.25, 0.3) is 17.2 Å². The van der Waals surface area contributed by atoms with E-state index in [1.807, 2.05) is 0 Å². The Morgan fingerprint density at radius 3 is 1.87 bits per heavy atom. The van der Waals surface area contributed by atoms with Gasteiger partial charge in [0.25, 0.3) is 0 Å². The van der Waals surface area contributed by atoms with Crippen molar-refractivity contribution in [3.05, 3.63) is 63.7 Å². The summed E-state index contributed by atoms with van der Waals surface area (Å²) < 4.78 is 0.262. The first kappa shape index (κ1) is 25.3. The molecular weight excluding hydrogens is 498 g/mol. The monoisotopic (exact) mass is 533 g/mol. The quantitative estimate of drug-likeness (QED) is 0.366. The molecule has 3 heteroatoms. The summed E-state index contributed by atoms with van der Waals surface area (Å²) in [4.78, 5) is 0. The number of hydrogen-bond donors (Lipinski definition) is 0. The van der Waals surface area contributed by atoms with Gasteiger partial charge in [-0.2, -0.15) is 0 Å². The molecule has 2 aromatic rings. The molecule has 0 bridgehead atoms. The van der Waals surface area contributed by atoms with Crippen LogP contribution >= 0.6 is 17.0 Å². The number of aryl methyl sites for hydroxylation is 1. The first-order valence-corrected chi connectivity index (χ1v) is 19.2. The third kappa shape index (κ3) is 5.10. The third-order valence-corrected chi connectivity index (χ3v) is 11.8. The van der Waals surface area contributed by atoms with Gasteiger partial charge in [-0.3, -0.25) is 0 Å². The summed E-state index contributed by atoms with van der Waals surface area (Å²) >= 11 is -2.52. The second kappa shape index (κ2) is 9.12. The SMILES string of the molecule is CCc1ccc2c(c1-c1cc(C(C)(C)C)cc(C(C)(C)C)c1)C=C(C(C)C)[CH]2[Zr]([Cl])[Cl]. The maximum absolute atomic E-state index is 6.71. The zero-order valence-electron chi connectivity index (χ0n) is 20.6. The van der Waals surface area contributed by atoms with Crippen LogP contribution in [-0.4, -0.2) is 0 Å². The van der Waals surface area contributed by atoms with Gasteiger partial charge in [-0.05, 0) is 0 Å². The Balaban J connectivity index is 2.37. The van der Waals surface area contributed by atoms with Gasteiger partial charge in [0.2, 0.25) is 0 Å². The Morgan fingerprint density at radius 1 is 0.903 bits per heavy atom. The number of hydrogen-bond acceptors (Lipinski definition) is 0. The third-order valence-electron chi connectivity index (χ3n) is 6.54. The van der Waals surface area contributed by atoms with Gasteiger partial charge in [0.1, 0.15) is 0 Å². The van der Waals surface area contributed by atoms with Crippen LogP contribution in [0.15, 0.2) is 35.9 Å². The van der Waals surface area contributed by atoms with Crippen molar-refractivity contribution < 1.29 is 19.4 Å². The topological polar surface area (TPSA) is 0 Å². The fourth-order valence-electron chi connectivity index (χ4n) is 4.53. The van der Waals surface area contributed by atoms with Gasteiger partial charge >= 0.3 is 206 Å². The molecule has 31 heavy (non-hydrogen) atoms. The van der Waals surface area contributed by atoms with Crippen molar-refractivity contribution in [2.45, 2.75) is 83.2 Å². The van der Waals surface area contributed by atoms with E-state index < -0.39 is 19.4 Å². The predicted octanol–water partition coefficient (Wildman–Crippen LogP) is 9.53. The van der Waals surface area contributed by atoms with Crippen molar-refractivity contribution in [2.24, 2.45) is 5.92 Å². The van der Waals surface area contributed by atoms with E-state index in [4.69, 9.17) is 17.0 Å². The molecule has 1 aliphatic rings. The number of fused-ring (bicyclic) bond motifs is 1. The van der Waals surface area contributed by atoms with Gasteiger partial charge in [0, 0.05) is 0 Å². The number of allylic oxidation sites excluding steroid dienone is 1. The van der Waals surface area contributed by atoms with Gasteiger partial charge < -0.3 is 0 Å². The predicted molar refractivity (Wildman–Crippen MR) is 136 cm³/mol. The second-order valence-electron chi connectivity index (χ2n) is 11.3. The Bertz CT molecular complexity index is 969. The fraction of sp³-hybridized carbons (Fsp3) is 0.500. The maximum atomic E-state index is 6.71. The van der Waals surface area contributed by atoms with Gasteiger partial charge in [-0.1, -0.05) is 0 Å². The molecule has 0 saturated carbocycles. The number of halogens is 2. The van der Waals surface area contributed by atoms with Crippen LogP contribution in [0.4, 0.5) is 0 Å². The summed E-state index contributed by atoms with van der Waals surface area (Å²) in [6.45, 7) is 20.6. The zero-order valence-corrected chi connectivity index (χ0v) is 24.6. The van der Waals surface area contributed by atoms with E-state index in [2.05, 4.69) is 98.7 Å². The van der Waals surface area contributed by atoms with E-state index in [9.17, 15) is 0 Å². The molecule has 0 aromatic heterocycles. The fourth-order valence-corrected chi connectivity index (χ4v) is 10.3. The summed E-state index contributed by atoms with van der Waals surface area (Å²) in [5, 5.41) is 0. The molecule has 2 aromatic carbocycles. The average molecular weight is 536 g/mol. The zero-order chi connectivity index (χ0) is 23.3. The van der Waals surface area contributed by atoms with Crippen LogP contribution in [0.2, 0.25) is 0 Å². The molecule has 0 radical (unpaired) electrons. The molecular formula is C28H37Cl2Zr. The molecule has 0 amide bonds. The summed E-state index contributed by atoms with van der Waals surface area (Å²) in [6.07, 6.45) is 3.43. The van der Waals surface area contributed by atoms with Crippen LogP contribution in [0, 0.1) is 5.92 Å². The van der Waals surface area contributed by atoms with E-state index in [0.29, 0.717) is 5.92 Å². The molecule has 0 nitrogen and oxygen atoms in total. The number of benzene rings is 2. The Hall–Kier alpha value is -0.357. The summed E-state index contributed by atoms with van der Waals surface area (Å²) in [5.41, 5.74) is 11.2. The van der Waals surface area contributed by atoms with Gasteiger partial charge in [-0.25, -0.2) is 0 Å². The van der Waals surface area contributed by atoms with Gasteiger partial charge in [-0.15, -0.1) is 0 Å². The first-order valence-electron chi connectivity index (χ1n) is 11.5. The van der Waals surface area contributed by atoms with Crippen LogP contribution in [0.3, 0.4) is 0 Å². The summed E-state index contributed by atoms with van der Waals surface area (Å²) in [5.74, 6) is 0.453. The molecule has 1 aliphatic carbocycles. The minimum atomic E-state index is -2.52. The normalized spacial score (nSPS) is 16.5. The standard InChI is InChI=1S/C28H37.2ClH.Zr/c1-10-19-11-12-20-13-21(18(2)3)16-25(20)26(19)22-14-23(27(4,5)6)17-24(15-22)28(7,8)9;;;/h11-18H,10H2,1-9H3;2*1H;/q;;;+2/p-2. The van der Waals surface area contributed by atoms with Crippen LogP contribution in [0.1, 0.15) is 93.8 Å². The van der Waals surface area contributed by atoms with Crippen LogP contribution in [0.5, 0.6) is 0 Å². The minimum absolute atomic E-state index is 0.0922. The average Bonchev–Trinajstić information content (AvgIpc) is 3.05. The summed E-state index contributed by atoms with van der Waals surface area (Å²) in [7, 11) is 13.4. The molecule has 0 spiro atoms. The molecule has 0 N–H and O–H groups in total. The van der Waals surface area contributed by atoms with E-state index in [0.717, 1.165) is 6.42 Å². The van der Waals surface area contributed by atoms with Crippen molar-refractivity contribution in [2.75, 3.05) is 0 Å². The van der Waals surface area contributed by atoms with E-state index >= 15 is 0 Å². The molecule has 1 atom stereocenters. The molecule has 167 valence electrons. The van der Waals surface area contributed by atoms with E-state index in [-0.39, 0.29) is 14.5 Å². The molecule has 3 rings (SSSR count). The van der Waals surface area contributed by atoms with Gasteiger partial charge in [0.15, 0.2) is 0 Å². The molecule has 0 heterocycles. The Morgan fingerprint density at radius 2 is 1.45 bits per heavy atom. The van der Waals surface area contributed by atoms with Gasteiger partial charge in [0.05, 0.1) is 0 Å². The number of rotatable bonds is 4. The Labute approximate surface area is 205 Å². The first-order chi connectivity index (χ1) is 14.3. The van der Waals surface area contributed by atoms with Crippen molar-refractivity contribution in [1.82, 2.24) is 0 Å². The molecule has 0 saturated heterocycles. The molecule has 0 fully saturated rings. The Kier molecular flexibility index (Phi) is 7.43. The van der Waals surface area contributed by atoms with Crippen LogP contribution < -0.4 is 0 Å². The van der Waals surface area contributed by atoms with E-state index in [1.165, 1.54) is 44.5 Å². The van der Waals surface area contributed by atoms with Crippen molar-refractivity contribution in [3.8, 4) is 11.1 Å². The van der Waals surface area contributed by atoms with Crippen molar-refractivity contribution in [3.63, 3.8) is 0 Å². The molecule has 1 unspecified atom stereocenters. The van der Waals surface area contributed by atoms with Crippen LogP contribution in [-0.2, 0) is 36.6 Å². The van der Waals surface area contributed by atoms with Crippen molar-refractivity contribution >= 4 is 23.1 Å². The summed E-state index contributed by atoms with van der Waals surface area (Å²) in [6, 6.07) is 11.9. The van der Waals surface area contributed by atoms with E-state index in [1.54, 1.807) is 0 Å². The molecule has 0 aliphatic heterocycles. The van der Waals surface area contributed by atoms with Crippen molar-refractivity contribution in [1.29, 1.82) is 0 Å². The second-order valence-corrected chi connectivity index (χ2v) is 20.1.